The highest BCUT2D eigenvalue weighted by atomic mass is 16.5. The molecular weight excluding hydrogens is 342 g/mol. The Kier molecular flexibility index (Phi) is 7.87. The van der Waals surface area contributed by atoms with E-state index in [9.17, 15) is 9.90 Å². The molecule has 0 unspecified atom stereocenters. The third-order valence-electron chi connectivity index (χ3n) is 5.23. The van der Waals surface area contributed by atoms with E-state index in [0.29, 0.717) is 19.7 Å². The van der Waals surface area contributed by atoms with Crippen LogP contribution in [-0.4, -0.2) is 47.8 Å². The third kappa shape index (κ3) is 5.81. The Labute approximate surface area is 163 Å². The van der Waals surface area contributed by atoms with Crippen LogP contribution in [0.3, 0.4) is 0 Å². The molecule has 0 aliphatic carbocycles. The van der Waals surface area contributed by atoms with Crippen LogP contribution in [-0.2, 0) is 16.1 Å². The van der Waals surface area contributed by atoms with E-state index in [4.69, 9.17) is 9.47 Å². The van der Waals surface area contributed by atoms with Gasteiger partial charge in [0.05, 0.1) is 19.8 Å². The number of carbonyl (C=O) groups excluding carboxylic acids is 1. The lowest BCUT2D eigenvalue weighted by Gasteiger charge is -2.36. The van der Waals surface area contributed by atoms with Crippen molar-refractivity contribution in [3.63, 3.8) is 0 Å². The number of piperidine rings is 1. The molecule has 5 heteroatoms. The molecule has 5 nitrogen and oxygen atoms in total. The molecule has 1 aromatic rings. The van der Waals surface area contributed by atoms with E-state index in [1.807, 2.05) is 38.1 Å². The quantitative estimate of drug-likeness (QED) is 0.671. The Morgan fingerprint density at radius 3 is 2.41 bits per heavy atom. The number of ether oxygens (including phenoxy) is 2. The number of amides is 1. The Balaban J connectivity index is 2.02. The molecule has 2 rings (SSSR count). The van der Waals surface area contributed by atoms with Gasteiger partial charge < -0.3 is 19.5 Å². The van der Waals surface area contributed by atoms with Gasteiger partial charge in [0.15, 0.2) is 5.60 Å². The van der Waals surface area contributed by atoms with Crippen molar-refractivity contribution in [2.24, 2.45) is 5.92 Å². The zero-order valence-electron chi connectivity index (χ0n) is 16.8. The predicted octanol–water partition coefficient (Wildman–Crippen LogP) is 3.56. The van der Waals surface area contributed by atoms with Gasteiger partial charge >= 0.3 is 0 Å². The minimum atomic E-state index is -1.59. The first-order chi connectivity index (χ1) is 12.9. The van der Waals surface area contributed by atoms with E-state index in [0.717, 1.165) is 30.6 Å². The highest BCUT2D eigenvalue weighted by Gasteiger charge is 2.39. The summed E-state index contributed by atoms with van der Waals surface area (Å²) < 4.78 is 11.2. The maximum Gasteiger partial charge on any atom is 0.258 e. The molecule has 0 saturated carbocycles. The van der Waals surface area contributed by atoms with E-state index in [1.54, 1.807) is 12.0 Å². The molecule has 1 heterocycles. The summed E-state index contributed by atoms with van der Waals surface area (Å²) in [5, 5.41) is 11.0. The molecule has 2 atom stereocenters. The molecule has 1 N–H and O–H groups in total. The first-order valence-electron chi connectivity index (χ1n) is 9.79. The van der Waals surface area contributed by atoms with Crippen molar-refractivity contribution in [1.82, 2.24) is 4.90 Å². The van der Waals surface area contributed by atoms with Gasteiger partial charge in [0.1, 0.15) is 5.75 Å². The molecule has 1 saturated heterocycles. The molecule has 0 aromatic heterocycles. The molecule has 0 spiro atoms. The number of hydrogen-bond acceptors (Lipinski definition) is 4. The van der Waals surface area contributed by atoms with Gasteiger partial charge in [0, 0.05) is 19.5 Å². The fourth-order valence-electron chi connectivity index (χ4n) is 3.35. The Morgan fingerprint density at radius 1 is 1.26 bits per heavy atom. The van der Waals surface area contributed by atoms with E-state index in [2.05, 4.69) is 6.58 Å². The van der Waals surface area contributed by atoms with Crippen molar-refractivity contribution in [3.05, 3.63) is 42.5 Å². The molecule has 150 valence electrons. The highest BCUT2D eigenvalue weighted by molar-refractivity contribution is 5.87. The lowest BCUT2D eigenvalue weighted by Crippen LogP contribution is -2.51. The minimum absolute atomic E-state index is 0.156. The summed E-state index contributed by atoms with van der Waals surface area (Å²) in [6, 6.07) is 7.69. The van der Waals surface area contributed by atoms with E-state index in [1.165, 1.54) is 6.08 Å². The normalized spacial score (nSPS) is 18.0. The zero-order chi connectivity index (χ0) is 19.9. The van der Waals surface area contributed by atoms with Crippen LogP contribution in [0.4, 0.5) is 0 Å². The summed E-state index contributed by atoms with van der Waals surface area (Å²) in [7, 11) is 1.63. The van der Waals surface area contributed by atoms with Gasteiger partial charge in [-0.25, -0.2) is 0 Å². The third-order valence-corrected chi connectivity index (χ3v) is 5.23. The summed E-state index contributed by atoms with van der Waals surface area (Å²) in [4.78, 5) is 14.6. The number of aliphatic hydroxyl groups is 1. The van der Waals surface area contributed by atoms with Crippen LogP contribution in [0.2, 0.25) is 0 Å². The molecule has 0 bridgehead atoms. The van der Waals surface area contributed by atoms with Crippen molar-refractivity contribution < 1.29 is 19.4 Å². The SMILES string of the molecule is C=C[C@](O)(C[C@@H](OCc1ccc(OC)cc1)C(C)C)C(=O)N1CCCCC1. The number of rotatable bonds is 9. The molecule has 0 radical (unpaired) electrons. The maximum atomic E-state index is 12.9. The van der Waals surface area contributed by atoms with E-state index < -0.39 is 5.60 Å². The van der Waals surface area contributed by atoms with Crippen LogP contribution in [0.25, 0.3) is 0 Å². The molecule has 1 aliphatic heterocycles. The fraction of sp³-hybridized carbons (Fsp3) is 0.591. The van der Waals surface area contributed by atoms with Gasteiger partial charge in [-0.15, -0.1) is 0 Å². The monoisotopic (exact) mass is 375 g/mol. The molecular formula is C22H33NO4. The molecule has 1 aromatic carbocycles. The summed E-state index contributed by atoms with van der Waals surface area (Å²) in [6.07, 6.45) is 4.43. The van der Waals surface area contributed by atoms with Crippen molar-refractivity contribution in [2.45, 2.75) is 57.8 Å². The average molecular weight is 376 g/mol. The number of methoxy groups -OCH3 is 1. The number of nitrogens with zero attached hydrogens (tertiary/aromatic N) is 1. The van der Waals surface area contributed by atoms with Crippen LogP contribution in [0, 0.1) is 5.92 Å². The second-order valence-electron chi connectivity index (χ2n) is 7.63. The summed E-state index contributed by atoms with van der Waals surface area (Å²) in [5.74, 6) is 0.701. The summed E-state index contributed by atoms with van der Waals surface area (Å²) in [5.41, 5.74) is -0.572. The maximum absolute atomic E-state index is 12.9. The Bertz CT molecular complexity index is 607. The lowest BCUT2D eigenvalue weighted by atomic mass is 9.89. The largest absolute Gasteiger partial charge is 0.497 e. The zero-order valence-corrected chi connectivity index (χ0v) is 16.8. The van der Waals surface area contributed by atoms with Crippen LogP contribution in [0.15, 0.2) is 36.9 Å². The van der Waals surface area contributed by atoms with Crippen LogP contribution in [0.1, 0.15) is 45.1 Å². The average Bonchev–Trinajstić information content (AvgIpc) is 2.71. The van der Waals surface area contributed by atoms with Gasteiger partial charge in [-0.3, -0.25) is 4.79 Å². The van der Waals surface area contributed by atoms with Gasteiger partial charge in [-0.05, 0) is 42.9 Å². The van der Waals surface area contributed by atoms with Gasteiger partial charge in [0.2, 0.25) is 0 Å². The summed E-state index contributed by atoms with van der Waals surface area (Å²) in [6.45, 7) is 9.62. The molecule has 1 aliphatic rings. The number of likely N-dealkylation sites (tertiary alicyclic amines) is 1. The van der Waals surface area contributed by atoms with Gasteiger partial charge in [-0.2, -0.15) is 0 Å². The molecule has 1 fully saturated rings. The van der Waals surface area contributed by atoms with Crippen LogP contribution in [0.5, 0.6) is 5.75 Å². The van der Waals surface area contributed by atoms with Crippen LogP contribution >= 0.6 is 0 Å². The first-order valence-corrected chi connectivity index (χ1v) is 9.79. The molecule has 27 heavy (non-hydrogen) atoms. The number of carbonyl (C=O) groups is 1. The van der Waals surface area contributed by atoms with Crippen molar-refractivity contribution in [3.8, 4) is 5.75 Å². The topological polar surface area (TPSA) is 59.0 Å². The number of hydrogen-bond donors (Lipinski definition) is 1. The standard InChI is InChI=1S/C22H33NO4/c1-5-22(25,21(24)23-13-7-6-8-14-23)15-20(17(2)3)27-16-18-9-11-19(26-4)12-10-18/h5,9-12,17,20,25H,1,6-8,13-16H2,2-4H3/t20-,22+/m1/s1. The van der Waals surface area contributed by atoms with E-state index >= 15 is 0 Å². The van der Waals surface area contributed by atoms with Crippen LogP contribution < -0.4 is 4.74 Å². The second-order valence-corrected chi connectivity index (χ2v) is 7.63. The Hall–Kier alpha value is -1.85. The highest BCUT2D eigenvalue weighted by Crippen LogP contribution is 2.26. The first kappa shape index (κ1) is 21.5. The predicted molar refractivity (Wildman–Crippen MR) is 107 cm³/mol. The smallest absolute Gasteiger partial charge is 0.258 e. The summed E-state index contributed by atoms with van der Waals surface area (Å²) >= 11 is 0. The lowest BCUT2D eigenvalue weighted by molar-refractivity contribution is -0.152. The van der Waals surface area contributed by atoms with E-state index in [-0.39, 0.29) is 24.3 Å². The number of benzene rings is 1. The fourth-order valence-corrected chi connectivity index (χ4v) is 3.35. The van der Waals surface area contributed by atoms with Crippen molar-refractivity contribution >= 4 is 5.91 Å². The van der Waals surface area contributed by atoms with Crippen molar-refractivity contribution in [2.75, 3.05) is 20.2 Å². The molecule has 1 amide bonds. The van der Waals surface area contributed by atoms with Gasteiger partial charge in [0.25, 0.3) is 5.91 Å². The second kappa shape index (κ2) is 9.90. The van der Waals surface area contributed by atoms with Gasteiger partial charge in [-0.1, -0.05) is 38.6 Å². The Morgan fingerprint density at radius 2 is 1.89 bits per heavy atom. The minimum Gasteiger partial charge on any atom is -0.497 e. The van der Waals surface area contributed by atoms with Crippen molar-refractivity contribution in [1.29, 1.82) is 0 Å².